The molecule has 0 saturated carbocycles. The van der Waals surface area contributed by atoms with E-state index < -0.39 is 4.92 Å². The number of rotatable bonds is 7. The molecule has 1 amide bonds. The quantitative estimate of drug-likeness (QED) is 0.256. The Bertz CT molecular complexity index is 1470. The Morgan fingerprint density at radius 2 is 1.89 bits per heavy atom. The van der Waals surface area contributed by atoms with Gasteiger partial charge in [-0.3, -0.25) is 19.7 Å². The number of nitrogens with zero attached hydrogens (tertiary/aromatic N) is 2. The number of anilines is 1. The lowest BCUT2D eigenvalue weighted by Crippen LogP contribution is -2.12. The summed E-state index contributed by atoms with van der Waals surface area (Å²) in [6.07, 6.45) is 0.623. The van der Waals surface area contributed by atoms with E-state index in [2.05, 4.69) is 15.3 Å². The standard InChI is InChI=1S/C25H19ClN4O5/c1-2-18-14-23(31)29-24(27-18)16-4-3-5-19(12-16)28-25(32)15-6-9-20(10-7-15)35-22-11-8-17(26)13-21(22)30(33)34/h3-14H,2H2,1H3,(H,28,32)(H,27,29,31). The molecule has 176 valence electrons. The molecule has 0 aliphatic heterocycles. The first-order valence-corrected chi connectivity index (χ1v) is 10.9. The molecule has 0 aliphatic rings. The third-order valence-corrected chi connectivity index (χ3v) is 5.25. The first-order chi connectivity index (χ1) is 16.8. The summed E-state index contributed by atoms with van der Waals surface area (Å²) in [7, 11) is 0. The van der Waals surface area contributed by atoms with Crippen LogP contribution in [0.2, 0.25) is 5.02 Å². The van der Waals surface area contributed by atoms with Crippen LogP contribution >= 0.6 is 11.6 Å². The molecule has 0 aliphatic carbocycles. The molecule has 0 saturated heterocycles. The van der Waals surface area contributed by atoms with E-state index in [0.29, 0.717) is 40.5 Å². The second-order valence-corrected chi connectivity index (χ2v) is 7.91. The highest BCUT2D eigenvalue weighted by Crippen LogP contribution is 2.33. The van der Waals surface area contributed by atoms with Crippen LogP contribution in [0.5, 0.6) is 11.5 Å². The van der Waals surface area contributed by atoms with Crippen LogP contribution in [0, 0.1) is 10.1 Å². The molecule has 0 unspecified atom stereocenters. The second-order valence-electron chi connectivity index (χ2n) is 7.47. The van der Waals surface area contributed by atoms with Crippen molar-refractivity contribution >= 4 is 28.9 Å². The number of amides is 1. The van der Waals surface area contributed by atoms with Gasteiger partial charge in [0.15, 0.2) is 0 Å². The number of hydrogen-bond acceptors (Lipinski definition) is 6. The van der Waals surface area contributed by atoms with Gasteiger partial charge in [0.2, 0.25) is 5.75 Å². The molecule has 9 nitrogen and oxygen atoms in total. The molecule has 0 bridgehead atoms. The van der Waals surface area contributed by atoms with Gasteiger partial charge in [0.05, 0.1) is 4.92 Å². The van der Waals surface area contributed by atoms with Crippen molar-refractivity contribution in [1.82, 2.24) is 9.97 Å². The van der Waals surface area contributed by atoms with Crippen LogP contribution in [-0.4, -0.2) is 20.8 Å². The predicted octanol–water partition coefficient (Wildman–Crippen LogP) is 5.61. The fourth-order valence-corrected chi connectivity index (χ4v) is 3.46. The number of ether oxygens (including phenoxy) is 1. The zero-order valence-electron chi connectivity index (χ0n) is 18.4. The molecular weight excluding hydrogens is 472 g/mol. The highest BCUT2D eigenvalue weighted by atomic mass is 35.5. The molecule has 2 N–H and O–H groups in total. The molecule has 0 fully saturated rings. The van der Waals surface area contributed by atoms with Gasteiger partial charge in [0.1, 0.15) is 11.6 Å². The van der Waals surface area contributed by atoms with E-state index >= 15 is 0 Å². The summed E-state index contributed by atoms with van der Waals surface area (Å²) >= 11 is 5.83. The lowest BCUT2D eigenvalue weighted by atomic mass is 10.1. The van der Waals surface area contributed by atoms with Gasteiger partial charge in [-0.15, -0.1) is 0 Å². The van der Waals surface area contributed by atoms with Crippen LogP contribution in [0.15, 0.2) is 77.6 Å². The zero-order valence-corrected chi connectivity index (χ0v) is 19.2. The van der Waals surface area contributed by atoms with Gasteiger partial charge < -0.3 is 15.0 Å². The van der Waals surface area contributed by atoms with Crippen molar-refractivity contribution in [3.63, 3.8) is 0 Å². The Kier molecular flexibility index (Phi) is 6.88. The minimum atomic E-state index is -0.583. The van der Waals surface area contributed by atoms with Crippen molar-refractivity contribution in [1.29, 1.82) is 0 Å². The number of carbonyl (C=O) groups excluding carboxylic acids is 1. The van der Waals surface area contributed by atoms with E-state index in [0.717, 1.165) is 0 Å². The lowest BCUT2D eigenvalue weighted by molar-refractivity contribution is -0.385. The molecule has 0 spiro atoms. The molecular formula is C25H19ClN4O5. The van der Waals surface area contributed by atoms with Gasteiger partial charge in [0, 0.05) is 39.7 Å². The average Bonchev–Trinajstić information content (AvgIpc) is 2.85. The maximum absolute atomic E-state index is 12.7. The zero-order chi connectivity index (χ0) is 24.9. The summed E-state index contributed by atoms with van der Waals surface area (Å²) in [5.74, 6) is 0.408. The Labute approximate surface area is 204 Å². The largest absolute Gasteiger partial charge is 0.450 e. The molecule has 0 atom stereocenters. The summed E-state index contributed by atoms with van der Waals surface area (Å²) in [5, 5.41) is 14.3. The van der Waals surface area contributed by atoms with Crippen molar-refractivity contribution < 1.29 is 14.5 Å². The summed E-state index contributed by atoms with van der Waals surface area (Å²) in [4.78, 5) is 42.4. The van der Waals surface area contributed by atoms with Crippen molar-refractivity contribution in [3.8, 4) is 22.9 Å². The number of halogens is 1. The van der Waals surface area contributed by atoms with Crippen molar-refractivity contribution in [3.05, 3.63) is 110 Å². The van der Waals surface area contributed by atoms with Crippen LogP contribution < -0.4 is 15.6 Å². The second kappa shape index (κ2) is 10.2. The number of carbonyl (C=O) groups is 1. The first kappa shape index (κ1) is 23.7. The molecule has 4 aromatic rings. The highest BCUT2D eigenvalue weighted by molar-refractivity contribution is 6.30. The fourth-order valence-electron chi connectivity index (χ4n) is 3.29. The Morgan fingerprint density at radius 3 is 2.60 bits per heavy atom. The van der Waals surface area contributed by atoms with Gasteiger partial charge in [-0.2, -0.15) is 0 Å². The maximum atomic E-state index is 12.7. The van der Waals surface area contributed by atoms with Gasteiger partial charge >= 0.3 is 5.69 Å². The van der Waals surface area contributed by atoms with Crippen LogP contribution in [0.3, 0.4) is 0 Å². The van der Waals surface area contributed by atoms with Gasteiger partial charge in [-0.05, 0) is 55.0 Å². The topological polar surface area (TPSA) is 127 Å². The minimum Gasteiger partial charge on any atom is -0.450 e. The summed E-state index contributed by atoms with van der Waals surface area (Å²) < 4.78 is 5.60. The van der Waals surface area contributed by atoms with Crippen LogP contribution in [-0.2, 0) is 6.42 Å². The number of hydrogen-bond donors (Lipinski definition) is 2. The number of aryl methyl sites for hydroxylation is 1. The third-order valence-electron chi connectivity index (χ3n) is 5.01. The normalized spacial score (nSPS) is 10.6. The highest BCUT2D eigenvalue weighted by Gasteiger charge is 2.17. The number of benzene rings is 3. The van der Waals surface area contributed by atoms with Crippen LogP contribution in [0.25, 0.3) is 11.4 Å². The monoisotopic (exact) mass is 490 g/mol. The molecule has 1 aromatic heterocycles. The number of nitro groups is 1. The molecule has 0 radical (unpaired) electrons. The van der Waals surface area contributed by atoms with Gasteiger partial charge in [-0.1, -0.05) is 30.7 Å². The lowest BCUT2D eigenvalue weighted by Gasteiger charge is -2.09. The number of nitro benzene ring substituents is 1. The van der Waals surface area contributed by atoms with Crippen LogP contribution in [0.1, 0.15) is 23.0 Å². The summed E-state index contributed by atoms with van der Waals surface area (Å²) in [6.45, 7) is 1.91. The van der Waals surface area contributed by atoms with Crippen molar-refractivity contribution in [2.45, 2.75) is 13.3 Å². The molecule has 3 aromatic carbocycles. The molecule has 4 rings (SSSR count). The van der Waals surface area contributed by atoms with E-state index in [1.807, 2.05) is 6.92 Å². The minimum absolute atomic E-state index is 0.0345. The Morgan fingerprint density at radius 1 is 1.11 bits per heavy atom. The summed E-state index contributed by atoms with van der Waals surface area (Å²) in [6, 6.07) is 18.7. The first-order valence-electron chi connectivity index (χ1n) is 10.6. The van der Waals surface area contributed by atoms with Gasteiger partial charge in [-0.25, -0.2) is 4.98 Å². The van der Waals surface area contributed by atoms with Crippen LogP contribution in [0.4, 0.5) is 11.4 Å². The molecule has 1 heterocycles. The van der Waals surface area contributed by atoms with Gasteiger partial charge in [0.25, 0.3) is 11.5 Å². The predicted molar refractivity (Wildman–Crippen MR) is 132 cm³/mol. The van der Waals surface area contributed by atoms with E-state index in [1.165, 1.54) is 36.4 Å². The SMILES string of the molecule is CCc1cc(=O)[nH]c(-c2cccc(NC(=O)c3ccc(Oc4ccc(Cl)cc4[N+](=O)[O-])cc3)c2)n1. The number of aromatic amines is 1. The van der Waals surface area contributed by atoms with E-state index in [4.69, 9.17) is 16.3 Å². The van der Waals surface area contributed by atoms with Crippen molar-refractivity contribution in [2.75, 3.05) is 5.32 Å². The van der Waals surface area contributed by atoms with E-state index in [1.54, 1.807) is 36.4 Å². The molecule has 10 heteroatoms. The molecule has 35 heavy (non-hydrogen) atoms. The average molecular weight is 491 g/mol. The number of nitrogens with one attached hydrogen (secondary N) is 2. The van der Waals surface area contributed by atoms with E-state index in [9.17, 15) is 19.7 Å². The Balaban J connectivity index is 1.49. The number of aromatic nitrogens is 2. The maximum Gasteiger partial charge on any atom is 0.313 e. The van der Waals surface area contributed by atoms with Crippen molar-refractivity contribution in [2.24, 2.45) is 0 Å². The third kappa shape index (κ3) is 5.71. The number of H-pyrrole nitrogens is 1. The van der Waals surface area contributed by atoms with E-state index in [-0.39, 0.29) is 27.9 Å². The Hall–Kier alpha value is -4.50. The summed E-state index contributed by atoms with van der Waals surface area (Å²) in [5.41, 5.74) is 1.70. The fraction of sp³-hybridized carbons (Fsp3) is 0.0800. The smallest absolute Gasteiger partial charge is 0.313 e.